The van der Waals surface area contributed by atoms with Crippen LogP contribution in [0.2, 0.25) is 5.02 Å². The Kier molecular flexibility index (Phi) is 4.61. The molecule has 0 saturated carbocycles. The smallest absolute Gasteiger partial charge is 0.323 e. The number of carboxylic acids is 1. The van der Waals surface area contributed by atoms with Crippen molar-refractivity contribution in [3.05, 3.63) is 49.3 Å². The molecule has 9 heteroatoms. The minimum atomic E-state index is -1.08. The number of carboxylic acid groups (broad SMARTS) is 1. The molecule has 0 saturated heterocycles. The maximum absolute atomic E-state index is 10.9. The van der Waals surface area contributed by atoms with Gasteiger partial charge in [0.1, 0.15) is 12.3 Å². The molecule has 1 aliphatic heterocycles. The molecule has 0 amide bonds. The first kappa shape index (κ1) is 16.6. The van der Waals surface area contributed by atoms with E-state index in [9.17, 15) is 9.90 Å². The van der Waals surface area contributed by atoms with E-state index in [4.69, 9.17) is 28.9 Å². The Labute approximate surface area is 150 Å². The largest absolute Gasteiger partial charge is 0.493 e. The Morgan fingerprint density at radius 2 is 2.08 bits per heavy atom. The number of halogens is 1. The van der Waals surface area contributed by atoms with Crippen LogP contribution in [-0.2, 0) is 11.3 Å². The van der Waals surface area contributed by atoms with E-state index in [1.165, 1.54) is 4.57 Å². The quantitative estimate of drug-likeness (QED) is 0.794. The van der Waals surface area contributed by atoms with E-state index in [1.54, 1.807) is 24.4 Å². The number of carbonyl (C=O) groups is 1. The summed E-state index contributed by atoms with van der Waals surface area (Å²) in [5.41, 5.74) is 2.15. The lowest BCUT2D eigenvalue weighted by molar-refractivity contribution is -0.137. The van der Waals surface area contributed by atoms with Crippen LogP contribution in [0.4, 0.5) is 0 Å². The number of benzene rings is 1. The zero-order chi connectivity index (χ0) is 17.3. The molecule has 122 valence electrons. The fourth-order valence-electron chi connectivity index (χ4n) is 2.13. The van der Waals surface area contributed by atoms with Crippen molar-refractivity contribution < 1.29 is 15.0 Å². The molecule has 2 N–H and O–H groups in total. The number of rotatable bonds is 4. The van der Waals surface area contributed by atoms with Gasteiger partial charge in [0.25, 0.3) is 0 Å². The first-order valence-electron chi connectivity index (χ1n) is 6.69. The summed E-state index contributed by atoms with van der Waals surface area (Å²) in [5, 5.41) is 27.7. The highest BCUT2D eigenvalue weighted by Crippen LogP contribution is 2.29. The molecule has 0 bridgehead atoms. The van der Waals surface area contributed by atoms with E-state index in [2.05, 4.69) is 10.2 Å². The van der Waals surface area contributed by atoms with Crippen molar-refractivity contribution in [1.82, 2.24) is 4.57 Å². The summed E-state index contributed by atoms with van der Waals surface area (Å²) in [6.07, 6.45) is 3.24. The Morgan fingerprint density at radius 1 is 1.38 bits per heavy atom. The zero-order valence-corrected chi connectivity index (χ0v) is 14.4. The van der Waals surface area contributed by atoms with E-state index in [1.807, 2.05) is 12.1 Å². The molecule has 6 nitrogen and oxygen atoms in total. The Balaban J connectivity index is 1.98. The molecule has 1 aromatic carbocycles. The Hall–Kier alpha value is -2.29. The summed E-state index contributed by atoms with van der Waals surface area (Å²) in [6, 6.07) is 7.14. The Bertz CT molecular complexity index is 955. The molecule has 0 atom stereocenters. The average Bonchev–Trinajstić information content (AvgIpc) is 3.09. The van der Waals surface area contributed by atoms with Crippen molar-refractivity contribution in [1.29, 1.82) is 0 Å². The first-order chi connectivity index (χ1) is 11.5. The number of allylic oxidation sites excluding steroid dienone is 1. The number of nitrogens with zero attached hydrogens (tertiary/aromatic N) is 3. The van der Waals surface area contributed by atoms with Gasteiger partial charge in [-0.3, -0.25) is 9.36 Å². The second kappa shape index (κ2) is 6.68. The second-order valence-corrected chi connectivity index (χ2v) is 6.95. The standard InChI is InChI=1S/C15H10ClN3O3S2/c16-10-3-1-8(2-4-10)13-9(6-17-18-13)5-11-14(22)19(7-12(20)21)15(23)24-11/h1-6,22H,7H2,(H,20,21)/b9-5+. The third-order valence-corrected chi connectivity index (χ3v) is 4.86. The van der Waals surface area contributed by atoms with E-state index in [0.717, 1.165) is 16.9 Å². The molecule has 0 spiro atoms. The van der Waals surface area contributed by atoms with E-state index >= 15 is 0 Å². The molecule has 2 heterocycles. The zero-order valence-electron chi connectivity index (χ0n) is 12.0. The molecule has 1 aromatic heterocycles. The fraction of sp³-hybridized carbons (Fsp3) is 0.0667. The van der Waals surface area contributed by atoms with Gasteiger partial charge in [0.2, 0.25) is 5.88 Å². The molecule has 0 unspecified atom stereocenters. The summed E-state index contributed by atoms with van der Waals surface area (Å²) < 4.78 is 1.45. The fourth-order valence-corrected chi connectivity index (χ4v) is 3.51. The lowest BCUT2D eigenvalue weighted by Gasteiger charge is -2.03. The van der Waals surface area contributed by atoms with Crippen molar-refractivity contribution in [2.45, 2.75) is 6.54 Å². The highest BCUT2D eigenvalue weighted by Gasteiger charge is 2.17. The summed E-state index contributed by atoms with van der Waals surface area (Å²) in [5.74, 6) is -1.26. The third kappa shape index (κ3) is 3.30. The Morgan fingerprint density at radius 3 is 2.75 bits per heavy atom. The number of aromatic hydroxyl groups is 1. The van der Waals surface area contributed by atoms with Gasteiger partial charge >= 0.3 is 5.97 Å². The second-order valence-electron chi connectivity index (χ2n) is 4.84. The van der Waals surface area contributed by atoms with Gasteiger partial charge in [-0.05, 0) is 30.4 Å². The number of hydrogen-bond donors (Lipinski definition) is 2. The van der Waals surface area contributed by atoms with Crippen molar-refractivity contribution in [3.8, 4) is 5.88 Å². The molecular formula is C15H10ClN3O3S2. The van der Waals surface area contributed by atoms with E-state index in [-0.39, 0.29) is 9.83 Å². The predicted molar refractivity (Wildman–Crippen MR) is 96.9 cm³/mol. The van der Waals surface area contributed by atoms with Gasteiger partial charge < -0.3 is 10.2 Å². The maximum Gasteiger partial charge on any atom is 0.323 e. The molecule has 3 rings (SSSR count). The summed E-state index contributed by atoms with van der Waals surface area (Å²) in [6.45, 7) is -0.392. The average molecular weight is 380 g/mol. The molecule has 2 aromatic rings. The van der Waals surface area contributed by atoms with Gasteiger partial charge in [0.05, 0.1) is 11.1 Å². The SMILES string of the molecule is O=C(O)Cn1c(O)c(/C=C2\C=NN=C2c2ccc(Cl)cc2)sc1=S. The van der Waals surface area contributed by atoms with Crippen LogP contribution in [0, 0.1) is 3.95 Å². The van der Waals surface area contributed by atoms with Gasteiger partial charge in [0.15, 0.2) is 3.95 Å². The third-order valence-electron chi connectivity index (χ3n) is 3.22. The molecule has 0 radical (unpaired) electrons. The molecular weight excluding hydrogens is 370 g/mol. The number of aliphatic carboxylic acids is 1. The topological polar surface area (TPSA) is 87.2 Å². The summed E-state index contributed by atoms with van der Waals surface area (Å²) >= 11 is 12.1. The number of hydrogen-bond acceptors (Lipinski definition) is 6. The lowest BCUT2D eigenvalue weighted by Crippen LogP contribution is -2.08. The predicted octanol–water partition coefficient (Wildman–Crippen LogP) is 3.59. The summed E-state index contributed by atoms with van der Waals surface area (Å²) in [7, 11) is 0. The van der Waals surface area contributed by atoms with E-state index < -0.39 is 12.5 Å². The van der Waals surface area contributed by atoms with Crippen LogP contribution in [0.25, 0.3) is 6.08 Å². The molecule has 24 heavy (non-hydrogen) atoms. The van der Waals surface area contributed by atoms with Gasteiger partial charge in [0, 0.05) is 16.2 Å². The van der Waals surface area contributed by atoms with Gasteiger partial charge in [-0.15, -0.1) is 16.4 Å². The highest BCUT2D eigenvalue weighted by atomic mass is 35.5. The number of thiazole rings is 1. The van der Waals surface area contributed by atoms with Crippen molar-refractivity contribution >= 4 is 59.1 Å². The molecule has 1 aliphatic rings. The lowest BCUT2D eigenvalue weighted by atomic mass is 10.0. The van der Waals surface area contributed by atoms with Crippen LogP contribution < -0.4 is 0 Å². The minimum Gasteiger partial charge on any atom is -0.493 e. The van der Waals surface area contributed by atoms with E-state index in [0.29, 0.717) is 21.2 Å². The van der Waals surface area contributed by atoms with Crippen molar-refractivity contribution in [2.75, 3.05) is 0 Å². The van der Waals surface area contributed by atoms with Crippen LogP contribution in [0.1, 0.15) is 10.4 Å². The van der Waals surface area contributed by atoms with Crippen molar-refractivity contribution in [3.63, 3.8) is 0 Å². The number of aromatic nitrogens is 1. The van der Waals surface area contributed by atoms with Crippen molar-refractivity contribution in [2.24, 2.45) is 10.2 Å². The van der Waals surface area contributed by atoms with Crippen LogP contribution in [0.5, 0.6) is 5.88 Å². The van der Waals surface area contributed by atoms with Gasteiger partial charge in [-0.25, -0.2) is 0 Å². The van der Waals surface area contributed by atoms with Crippen LogP contribution >= 0.6 is 35.2 Å². The minimum absolute atomic E-state index is 0.185. The molecule has 0 aliphatic carbocycles. The van der Waals surface area contributed by atoms with Crippen LogP contribution in [0.3, 0.4) is 0 Å². The highest BCUT2D eigenvalue weighted by molar-refractivity contribution is 7.73. The normalized spacial score (nSPS) is 15.0. The first-order valence-corrected chi connectivity index (χ1v) is 8.29. The molecule has 0 fully saturated rings. The van der Waals surface area contributed by atoms with Gasteiger partial charge in [-0.1, -0.05) is 23.7 Å². The van der Waals surface area contributed by atoms with Crippen LogP contribution in [0.15, 0.2) is 40.0 Å². The van der Waals surface area contributed by atoms with Gasteiger partial charge in [-0.2, -0.15) is 5.10 Å². The monoisotopic (exact) mass is 379 g/mol. The summed E-state index contributed by atoms with van der Waals surface area (Å²) in [4.78, 5) is 11.3. The maximum atomic E-state index is 10.9. The van der Waals surface area contributed by atoms with Crippen LogP contribution in [-0.4, -0.2) is 32.7 Å².